The molecule has 0 aromatic heterocycles. The lowest BCUT2D eigenvalue weighted by Gasteiger charge is -2.41. The van der Waals surface area contributed by atoms with Gasteiger partial charge in [0.05, 0.1) is 6.54 Å². The molecule has 2 rings (SSSR count). The van der Waals surface area contributed by atoms with Gasteiger partial charge in [-0.25, -0.2) is 0 Å². The molecule has 20 heavy (non-hydrogen) atoms. The molecule has 1 amide bonds. The van der Waals surface area contributed by atoms with E-state index in [2.05, 4.69) is 29.0 Å². The largest absolute Gasteiger partial charge is 0.336 e. The van der Waals surface area contributed by atoms with Gasteiger partial charge < -0.3 is 10.2 Å². The molecule has 0 aliphatic carbocycles. The number of carbonyl (C=O) groups is 1. The molecule has 4 nitrogen and oxygen atoms in total. The predicted molar refractivity (Wildman–Crippen MR) is 85.4 cm³/mol. The Balaban J connectivity index is 0.00000200. The summed E-state index contributed by atoms with van der Waals surface area (Å²) in [6.45, 7) is 7.08. The van der Waals surface area contributed by atoms with Crippen LogP contribution < -0.4 is 5.32 Å². The van der Waals surface area contributed by atoms with E-state index in [-0.39, 0.29) is 12.4 Å². The van der Waals surface area contributed by atoms with Crippen molar-refractivity contribution in [3.8, 4) is 0 Å². The Hall–Kier alpha value is -0.320. The number of nitrogens with one attached hydrogen (secondary N) is 1. The lowest BCUT2D eigenvalue weighted by Crippen LogP contribution is -2.53. The van der Waals surface area contributed by atoms with E-state index in [1.165, 1.54) is 19.3 Å². The van der Waals surface area contributed by atoms with Gasteiger partial charge >= 0.3 is 0 Å². The summed E-state index contributed by atoms with van der Waals surface area (Å²) in [6, 6.07) is 1.39. The Morgan fingerprint density at radius 3 is 2.40 bits per heavy atom. The number of carbonyl (C=O) groups excluding carboxylic acids is 1. The van der Waals surface area contributed by atoms with Crippen LogP contribution in [0.4, 0.5) is 0 Å². The first-order valence-electron chi connectivity index (χ1n) is 7.82. The quantitative estimate of drug-likeness (QED) is 0.865. The summed E-state index contributed by atoms with van der Waals surface area (Å²) in [5.74, 6) is 0.330. The van der Waals surface area contributed by atoms with Gasteiger partial charge in [0, 0.05) is 24.7 Å². The monoisotopic (exact) mass is 303 g/mol. The maximum absolute atomic E-state index is 12.5. The van der Waals surface area contributed by atoms with Crippen molar-refractivity contribution in [1.82, 2.24) is 15.1 Å². The number of hydrogen-bond acceptors (Lipinski definition) is 3. The van der Waals surface area contributed by atoms with Gasteiger partial charge in [-0.2, -0.15) is 0 Å². The van der Waals surface area contributed by atoms with Gasteiger partial charge in [0.25, 0.3) is 0 Å². The minimum absolute atomic E-state index is 0. The highest BCUT2D eigenvalue weighted by molar-refractivity contribution is 5.85. The highest BCUT2D eigenvalue weighted by atomic mass is 35.5. The molecule has 0 radical (unpaired) electrons. The van der Waals surface area contributed by atoms with Gasteiger partial charge in [-0.15, -0.1) is 12.4 Å². The van der Waals surface area contributed by atoms with E-state index in [1.807, 2.05) is 7.05 Å². The number of likely N-dealkylation sites (N-methyl/N-ethyl adjacent to an activating group) is 1. The van der Waals surface area contributed by atoms with Crippen molar-refractivity contribution in [3.05, 3.63) is 0 Å². The number of piperidine rings is 2. The summed E-state index contributed by atoms with van der Waals surface area (Å²) in [5, 5.41) is 3.34. The smallest absolute Gasteiger partial charge is 0.237 e. The first-order chi connectivity index (χ1) is 9.11. The first kappa shape index (κ1) is 17.7. The predicted octanol–water partition coefficient (Wildman–Crippen LogP) is 1.88. The molecule has 2 heterocycles. The molecule has 1 N–H and O–H groups in total. The van der Waals surface area contributed by atoms with Crippen molar-refractivity contribution in [2.24, 2.45) is 0 Å². The first-order valence-corrected chi connectivity index (χ1v) is 7.82. The maximum atomic E-state index is 12.5. The topological polar surface area (TPSA) is 35.6 Å². The SMILES string of the molecule is CNC1CCCN(CC(=O)N2C(C)CCCC2C)C1.Cl. The highest BCUT2D eigenvalue weighted by Gasteiger charge is 2.30. The van der Waals surface area contributed by atoms with Crippen LogP contribution in [0.5, 0.6) is 0 Å². The molecule has 2 aliphatic heterocycles. The number of hydrogen-bond donors (Lipinski definition) is 1. The Morgan fingerprint density at radius 1 is 1.15 bits per heavy atom. The van der Waals surface area contributed by atoms with Crippen molar-refractivity contribution < 1.29 is 4.79 Å². The van der Waals surface area contributed by atoms with E-state index >= 15 is 0 Å². The van der Waals surface area contributed by atoms with Crippen molar-refractivity contribution in [2.45, 2.75) is 64.1 Å². The third-order valence-corrected chi connectivity index (χ3v) is 4.75. The van der Waals surface area contributed by atoms with Crippen LogP contribution in [0.3, 0.4) is 0 Å². The van der Waals surface area contributed by atoms with Crippen LogP contribution in [0.2, 0.25) is 0 Å². The normalized spacial score (nSPS) is 31.8. The molecule has 0 saturated carbocycles. The van der Waals surface area contributed by atoms with E-state index in [9.17, 15) is 4.79 Å². The van der Waals surface area contributed by atoms with Gasteiger partial charge in [-0.05, 0) is 59.5 Å². The van der Waals surface area contributed by atoms with Gasteiger partial charge in [0.15, 0.2) is 0 Å². The molecule has 0 aromatic carbocycles. The van der Waals surface area contributed by atoms with Crippen LogP contribution >= 0.6 is 12.4 Å². The summed E-state index contributed by atoms with van der Waals surface area (Å²) >= 11 is 0. The third kappa shape index (κ3) is 4.34. The molecule has 118 valence electrons. The molecule has 3 unspecified atom stereocenters. The highest BCUT2D eigenvalue weighted by Crippen LogP contribution is 2.23. The average molecular weight is 304 g/mol. The number of nitrogens with zero attached hydrogens (tertiary/aromatic N) is 2. The number of halogens is 1. The van der Waals surface area contributed by atoms with E-state index in [4.69, 9.17) is 0 Å². The third-order valence-electron chi connectivity index (χ3n) is 4.75. The number of amides is 1. The summed E-state index contributed by atoms with van der Waals surface area (Å²) < 4.78 is 0. The second-order valence-electron chi connectivity index (χ2n) is 6.29. The fourth-order valence-corrected chi connectivity index (χ4v) is 3.62. The fraction of sp³-hybridized carbons (Fsp3) is 0.933. The van der Waals surface area contributed by atoms with Gasteiger partial charge in [-0.3, -0.25) is 9.69 Å². The van der Waals surface area contributed by atoms with Crippen LogP contribution in [-0.2, 0) is 4.79 Å². The van der Waals surface area contributed by atoms with E-state index in [1.54, 1.807) is 0 Å². The van der Waals surface area contributed by atoms with E-state index in [0.29, 0.717) is 30.6 Å². The van der Waals surface area contributed by atoms with Gasteiger partial charge in [0.2, 0.25) is 5.91 Å². The zero-order chi connectivity index (χ0) is 13.8. The van der Waals surface area contributed by atoms with Gasteiger partial charge in [-0.1, -0.05) is 0 Å². The van der Waals surface area contributed by atoms with Crippen LogP contribution in [0, 0.1) is 0 Å². The second kappa shape index (κ2) is 8.20. The van der Waals surface area contributed by atoms with Crippen LogP contribution in [0.15, 0.2) is 0 Å². The molecule has 2 aliphatic rings. The van der Waals surface area contributed by atoms with Crippen molar-refractivity contribution >= 4 is 18.3 Å². The molecule has 3 atom stereocenters. The number of rotatable bonds is 3. The zero-order valence-corrected chi connectivity index (χ0v) is 13.9. The Kier molecular flexibility index (Phi) is 7.27. The van der Waals surface area contributed by atoms with Crippen LogP contribution in [-0.4, -0.2) is 60.5 Å². The summed E-state index contributed by atoms with van der Waals surface area (Å²) in [6.07, 6.45) is 6.02. The van der Waals surface area contributed by atoms with Crippen LogP contribution in [0.25, 0.3) is 0 Å². The van der Waals surface area contributed by atoms with Crippen LogP contribution in [0.1, 0.15) is 46.0 Å². The molecular formula is C15H30ClN3O. The summed E-state index contributed by atoms with van der Waals surface area (Å²) in [4.78, 5) is 17.0. The lowest BCUT2D eigenvalue weighted by molar-refractivity contribution is -0.138. The maximum Gasteiger partial charge on any atom is 0.237 e. The zero-order valence-electron chi connectivity index (χ0n) is 13.1. The fourth-order valence-electron chi connectivity index (χ4n) is 3.62. The minimum atomic E-state index is 0. The molecular weight excluding hydrogens is 274 g/mol. The Bertz CT molecular complexity index is 303. The van der Waals surface area contributed by atoms with Gasteiger partial charge in [0.1, 0.15) is 0 Å². The second-order valence-corrected chi connectivity index (χ2v) is 6.29. The molecule has 0 bridgehead atoms. The van der Waals surface area contributed by atoms with E-state index < -0.39 is 0 Å². The molecule has 0 aromatic rings. The van der Waals surface area contributed by atoms with Crippen molar-refractivity contribution in [1.29, 1.82) is 0 Å². The summed E-state index contributed by atoms with van der Waals surface area (Å²) in [5.41, 5.74) is 0. The Labute approximate surface area is 129 Å². The van der Waals surface area contributed by atoms with Crippen molar-refractivity contribution in [2.75, 3.05) is 26.7 Å². The summed E-state index contributed by atoms with van der Waals surface area (Å²) in [7, 11) is 2.02. The molecule has 5 heteroatoms. The molecule has 2 fully saturated rings. The average Bonchev–Trinajstić information content (AvgIpc) is 2.38. The number of likely N-dealkylation sites (tertiary alicyclic amines) is 2. The Morgan fingerprint density at radius 2 is 1.80 bits per heavy atom. The standard InChI is InChI=1S/C15H29N3O.ClH/c1-12-6-4-7-13(2)18(12)15(19)11-17-9-5-8-14(10-17)16-3;/h12-14,16H,4-11H2,1-3H3;1H. The van der Waals surface area contributed by atoms with E-state index in [0.717, 1.165) is 25.9 Å². The van der Waals surface area contributed by atoms with Crippen molar-refractivity contribution in [3.63, 3.8) is 0 Å². The lowest BCUT2D eigenvalue weighted by atomic mass is 9.97. The molecule has 2 saturated heterocycles. The molecule has 0 spiro atoms. The minimum Gasteiger partial charge on any atom is -0.336 e.